The van der Waals surface area contributed by atoms with Crippen molar-refractivity contribution in [2.45, 2.75) is 20.3 Å². The first-order valence-corrected chi connectivity index (χ1v) is 6.27. The van der Waals surface area contributed by atoms with E-state index in [-0.39, 0.29) is 12.3 Å². The first-order chi connectivity index (χ1) is 9.06. The van der Waals surface area contributed by atoms with E-state index in [1.165, 1.54) is 0 Å². The Bertz CT molecular complexity index is 613. The van der Waals surface area contributed by atoms with E-state index >= 15 is 0 Å². The maximum absolute atomic E-state index is 12.0. The summed E-state index contributed by atoms with van der Waals surface area (Å²) in [6.45, 7) is 3.73. The number of aromatic nitrogens is 2. The molecule has 0 fully saturated rings. The molecule has 0 spiro atoms. The number of pyridine rings is 2. The topological polar surface area (TPSA) is 54.9 Å². The number of halogens is 1. The van der Waals surface area contributed by atoms with Crippen LogP contribution in [-0.4, -0.2) is 15.9 Å². The van der Waals surface area contributed by atoms with Gasteiger partial charge < -0.3 is 5.32 Å². The summed E-state index contributed by atoms with van der Waals surface area (Å²) >= 11 is 5.77. The van der Waals surface area contributed by atoms with Gasteiger partial charge in [-0.2, -0.15) is 0 Å². The van der Waals surface area contributed by atoms with Crippen LogP contribution >= 0.6 is 11.6 Å². The number of nitrogens with one attached hydrogen (secondary N) is 1. The van der Waals surface area contributed by atoms with Gasteiger partial charge in [-0.1, -0.05) is 17.7 Å². The lowest BCUT2D eigenvalue weighted by Gasteiger charge is -2.08. The van der Waals surface area contributed by atoms with Crippen LogP contribution in [0.3, 0.4) is 0 Å². The van der Waals surface area contributed by atoms with Crippen molar-refractivity contribution >= 4 is 23.2 Å². The molecule has 0 aromatic carbocycles. The molecule has 0 aliphatic rings. The Kier molecular flexibility index (Phi) is 4.12. The molecule has 2 rings (SSSR count). The van der Waals surface area contributed by atoms with Crippen molar-refractivity contribution in [1.82, 2.24) is 9.97 Å². The molecule has 0 radical (unpaired) electrons. The lowest BCUT2D eigenvalue weighted by atomic mass is 10.1. The predicted molar refractivity (Wildman–Crippen MR) is 75.3 cm³/mol. The highest BCUT2D eigenvalue weighted by atomic mass is 35.5. The maximum atomic E-state index is 12.0. The molecule has 0 aliphatic carbocycles. The zero-order chi connectivity index (χ0) is 13.8. The van der Waals surface area contributed by atoms with Gasteiger partial charge in [0, 0.05) is 6.20 Å². The first kappa shape index (κ1) is 13.5. The Labute approximate surface area is 116 Å². The Morgan fingerprint density at radius 1 is 1.32 bits per heavy atom. The van der Waals surface area contributed by atoms with Crippen LogP contribution in [0.15, 0.2) is 30.5 Å². The minimum absolute atomic E-state index is 0.117. The molecule has 0 unspecified atom stereocenters. The Morgan fingerprint density at radius 3 is 2.79 bits per heavy atom. The van der Waals surface area contributed by atoms with Crippen molar-refractivity contribution in [3.05, 3.63) is 52.6 Å². The Hall–Kier alpha value is -1.94. The quantitative estimate of drug-likeness (QED) is 0.876. The van der Waals surface area contributed by atoms with Gasteiger partial charge in [0.15, 0.2) is 0 Å². The zero-order valence-electron chi connectivity index (χ0n) is 10.8. The summed E-state index contributed by atoms with van der Waals surface area (Å²) in [4.78, 5) is 20.2. The van der Waals surface area contributed by atoms with E-state index in [0.717, 1.165) is 11.3 Å². The van der Waals surface area contributed by atoms with Gasteiger partial charge in [-0.05, 0) is 37.6 Å². The lowest BCUT2D eigenvalue weighted by molar-refractivity contribution is -0.115. The molecule has 0 aliphatic heterocycles. The standard InChI is InChI=1S/C14H14ClN3O/c1-9-4-3-7-16-12(9)8-14(19)18-11-5-6-13(15)17-10(11)2/h3-7H,8H2,1-2H3,(H,18,19). The molecular weight excluding hydrogens is 262 g/mol. The second kappa shape index (κ2) is 5.80. The van der Waals surface area contributed by atoms with Crippen LogP contribution < -0.4 is 5.32 Å². The fourth-order valence-electron chi connectivity index (χ4n) is 1.71. The number of carbonyl (C=O) groups excluding carboxylic acids is 1. The number of amides is 1. The van der Waals surface area contributed by atoms with Crippen LogP contribution in [0.2, 0.25) is 5.15 Å². The summed E-state index contributed by atoms with van der Waals surface area (Å²) in [6, 6.07) is 7.18. The lowest BCUT2D eigenvalue weighted by Crippen LogP contribution is -2.16. The van der Waals surface area contributed by atoms with E-state index in [4.69, 9.17) is 11.6 Å². The summed E-state index contributed by atoms with van der Waals surface area (Å²) in [5.41, 5.74) is 3.14. The third kappa shape index (κ3) is 3.51. The van der Waals surface area contributed by atoms with E-state index in [1.807, 2.05) is 19.1 Å². The molecular formula is C14H14ClN3O. The fraction of sp³-hybridized carbons (Fsp3) is 0.214. The first-order valence-electron chi connectivity index (χ1n) is 5.90. The minimum Gasteiger partial charge on any atom is -0.324 e. The highest BCUT2D eigenvalue weighted by Gasteiger charge is 2.09. The van der Waals surface area contributed by atoms with Gasteiger partial charge in [0.25, 0.3) is 0 Å². The van der Waals surface area contributed by atoms with Crippen molar-refractivity contribution in [2.24, 2.45) is 0 Å². The van der Waals surface area contributed by atoms with Gasteiger partial charge in [-0.15, -0.1) is 0 Å². The molecule has 1 N–H and O–H groups in total. The van der Waals surface area contributed by atoms with Crippen molar-refractivity contribution in [3.63, 3.8) is 0 Å². The molecule has 0 saturated carbocycles. The van der Waals surface area contributed by atoms with Gasteiger partial charge in [0.2, 0.25) is 5.91 Å². The van der Waals surface area contributed by atoms with Crippen LogP contribution in [0.4, 0.5) is 5.69 Å². The zero-order valence-corrected chi connectivity index (χ0v) is 11.5. The smallest absolute Gasteiger partial charge is 0.230 e. The van der Waals surface area contributed by atoms with Gasteiger partial charge in [0.05, 0.1) is 23.5 Å². The number of nitrogens with zero attached hydrogens (tertiary/aromatic N) is 2. The van der Waals surface area contributed by atoms with Crippen LogP contribution in [-0.2, 0) is 11.2 Å². The highest BCUT2D eigenvalue weighted by molar-refractivity contribution is 6.29. The number of hydrogen-bond donors (Lipinski definition) is 1. The molecule has 4 nitrogen and oxygen atoms in total. The molecule has 0 saturated heterocycles. The molecule has 2 aromatic rings. The number of hydrogen-bond acceptors (Lipinski definition) is 3. The maximum Gasteiger partial charge on any atom is 0.230 e. The van der Waals surface area contributed by atoms with Crippen LogP contribution in [0, 0.1) is 13.8 Å². The number of anilines is 1. The van der Waals surface area contributed by atoms with E-state index in [0.29, 0.717) is 16.5 Å². The fourth-order valence-corrected chi connectivity index (χ4v) is 1.90. The van der Waals surface area contributed by atoms with Crippen LogP contribution in [0.5, 0.6) is 0 Å². The molecule has 5 heteroatoms. The molecule has 2 aromatic heterocycles. The summed E-state index contributed by atoms with van der Waals surface area (Å²) in [7, 11) is 0. The average Bonchev–Trinajstić information content (AvgIpc) is 2.36. The monoisotopic (exact) mass is 275 g/mol. The van der Waals surface area contributed by atoms with E-state index in [1.54, 1.807) is 25.3 Å². The van der Waals surface area contributed by atoms with Crippen LogP contribution in [0.25, 0.3) is 0 Å². The second-order valence-electron chi connectivity index (χ2n) is 4.26. The second-order valence-corrected chi connectivity index (χ2v) is 4.65. The molecule has 1 amide bonds. The molecule has 98 valence electrons. The van der Waals surface area contributed by atoms with Gasteiger partial charge in [0.1, 0.15) is 5.15 Å². The van der Waals surface area contributed by atoms with Crippen molar-refractivity contribution in [2.75, 3.05) is 5.32 Å². The van der Waals surface area contributed by atoms with E-state index < -0.39 is 0 Å². The number of carbonyl (C=O) groups is 1. The highest BCUT2D eigenvalue weighted by Crippen LogP contribution is 2.16. The average molecular weight is 276 g/mol. The largest absolute Gasteiger partial charge is 0.324 e. The van der Waals surface area contributed by atoms with Crippen LogP contribution in [0.1, 0.15) is 17.0 Å². The number of rotatable bonds is 3. The Morgan fingerprint density at radius 2 is 2.11 bits per heavy atom. The van der Waals surface area contributed by atoms with Crippen molar-refractivity contribution in [1.29, 1.82) is 0 Å². The summed E-state index contributed by atoms with van der Waals surface area (Å²) in [5.74, 6) is -0.117. The third-order valence-electron chi connectivity index (χ3n) is 2.77. The normalized spacial score (nSPS) is 10.3. The molecule has 0 atom stereocenters. The summed E-state index contributed by atoms with van der Waals surface area (Å²) < 4.78 is 0. The van der Waals surface area contributed by atoms with Gasteiger partial charge in [-0.25, -0.2) is 4.98 Å². The van der Waals surface area contributed by atoms with E-state index in [2.05, 4.69) is 15.3 Å². The molecule has 2 heterocycles. The van der Waals surface area contributed by atoms with Gasteiger partial charge >= 0.3 is 0 Å². The van der Waals surface area contributed by atoms with Crippen molar-refractivity contribution in [3.8, 4) is 0 Å². The summed E-state index contributed by atoms with van der Waals surface area (Å²) in [5, 5.41) is 3.23. The number of aryl methyl sites for hydroxylation is 2. The Balaban J connectivity index is 2.08. The van der Waals surface area contributed by atoms with Crippen molar-refractivity contribution < 1.29 is 4.79 Å². The van der Waals surface area contributed by atoms with Gasteiger partial charge in [-0.3, -0.25) is 9.78 Å². The minimum atomic E-state index is -0.117. The summed E-state index contributed by atoms with van der Waals surface area (Å²) in [6.07, 6.45) is 1.93. The third-order valence-corrected chi connectivity index (χ3v) is 2.98. The van der Waals surface area contributed by atoms with E-state index in [9.17, 15) is 4.79 Å². The SMILES string of the molecule is Cc1cccnc1CC(=O)Nc1ccc(Cl)nc1C. The molecule has 19 heavy (non-hydrogen) atoms. The molecule has 0 bridgehead atoms. The predicted octanol–water partition coefficient (Wildman–Crippen LogP) is 2.93.